The predicted octanol–water partition coefficient (Wildman–Crippen LogP) is 1.88. The second-order valence-corrected chi connectivity index (χ2v) is 3.66. The van der Waals surface area contributed by atoms with Gasteiger partial charge in [-0.3, -0.25) is 4.79 Å². The van der Waals surface area contributed by atoms with E-state index in [2.05, 4.69) is 4.98 Å². The second kappa shape index (κ2) is 3.61. The minimum absolute atomic E-state index is 0.242. The minimum Gasteiger partial charge on any atom is -0.464 e. The van der Waals surface area contributed by atoms with E-state index in [1.807, 2.05) is 0 Å². The highest BCUT2D eigenvalue weighted by Gasteiger charge is 2.14. The molecule has 0 bridgehead atoms. The second-order valence-electron chi connectivity index (χ2n) is 3.32. The highest BCUT2D eigenvalue weighted by Crippen LogP contribution is 2.13. The number of aryl methyl sites for hydroxylation is 1. The largest absolute Gasteiger partial charge is 0.464 e. The van der Waals surface area contributed by atoms with Gasteiger partial charge in [0.05, 0.1) is 10.9 Å². The van der Waals surface area contributed by atoms with Gasteiger partial charge in [-0.2, -0.15) is 4.57 Å². The van der Waals surface area contributed by atoms with Crippen molar-refractivity contribution in [2.45, 2.75) is 6.92 Å². The summed E-state index contributed by atoms with van der Waals surface area (Å²) < 4.78 is 0.420. The molecule has 0 amide bonds. The van der Waals surface area contributed by atoms with Crippen molar-refractivity contribution in [2.24, 2.45) is 0 Å². The Labute approximate surface area is 94.9 Å². The van der Waals surface area contributed by atoms with Crippen molar-refractivity contribution in [1.29, 1.82) is 0 Å². The normalized spacial score (nSPS) is 10.6. The fraction of sp³-hybridized carbons (Fsp3) is 0.100. The number of rotatable bonds is 0. The Bertz CT molecular complexity index is 648. The third kappa shape index (κ3) is 1.55. The van der Waals surface area contributed by atoms with Crippen molar-refractivity contribution >= 4 is 28.6 Å². The lowest BCUT2D eigenvalue weighted by atomic mass is 10.2. The molecule has 2 aromatic rings. The molecule has 0 spiro atoms. The maximum atomic E-state index is 11.8. The van der Waals surface area contributed by atoms with Crippen molar-refractivity contribution in [1.82, 2.24) is 9.55 Å². The van der Waals surface area contributed by atoms with Gasteiger partial charge in [0.2, 0.25) is 5.28 Å². The third-order valence-corrected chi connectivity index (χ3v) is 2.43. The zero-order chi connectivity index (χ0) is 11.9. The molecule has 0 aliphatic carbocycles. The number of fused-ring (bicyclic) bond motifs is 1. The molecule has 1 aromatic carbocycles. The molecule has 1 heterocycles. The number of carbonyl (C=O) groups is 1. The average Bonchev–Trinajstić information content (AvgIpc) is 2.19. The van der Waals surface area contributed by atoms with Crippen LogP contribution in [0.2, 0.25) is 5.28 Å². The van der Waals surface area contributed by atoms with Crippen molar-refractivity contribution in [2.75, 3.05) is 0 Å². The highest BCUT2D eigenvalue weighted by molar-refractivity contribution is 6.29. The molecule has 1 aromatic heterocycles. The number of hydrogen-bond acceptors (Lipinski definition) is 3. The standard InChI is InChI=1S/C10H7ClN2O3/c1-5-2-3-7-6(4-5)8(14)13(10(15)16)9(11)12-7/h2-4H,1H3,(H,15,16). The summed E-state index contributed by atoms with van der Waals surface area (Å²) in [4.78, 5) is 26.5. The molecule has 0 unspecified atom stereocenters. The molecular weight excluding hydrogens is 232 g/mol. The van der Waals surface area contributed by atoms with Gasteiger partial charge in [-0.15, -0.1) is 0 Å². The Morgan fingerprint density at radius 2 is 2.19 bits per heavy atom. The lowest BCUT2D eigenvalue weighted by Crippen LogP contribution is -2.27. The molecular formula is C10H7ClN2O3. The fourth-order valence-electron chi connectivity index (χ4n) is 1.44. The van der Waals surface area contributed by atoms with Crippen molar-refractivity contribution in [3.05, 3.63) is 39.4 Å². The van der Waals surface area contributed by atoms with Gasteiger partial charge < -0.3 is 5.11 Å². The van der Waals surface area contributed by atoms with E-state index in [0.717, 1.165) is 5.56 Å². The summed E-state index contributed by atoms with van der Waals surface area (Å²) in [5.74, 6) is 0. The number of carboxylic acid groups (broad SMARTS) is 1. The maximum Gasteiger partial charge on any atom is 0.421 e. The number of halogens is 1. The van der Waals surface area contributed by atoms with E-state index in [9.17, 15) is 9.59 Å². The lowest BCUT2D eigenvalue weighted by molar-refractivity contribution is 0.195. The van der Waals surface area contributed by atoms with Gasteiger partial charge in [-0.05, 0) is 30.7 Å². The Morgan fingerprint density at radius 1 is 1.50 bits per heavy atom. The summed E-state index contributed by atoms with van der Waals surface area (Å²) in [6, 6.07) is 4.99. The number of benzene rings is 1. The molecule has 2 rings (SSSR count). The zero-order valence-electron chi connectivity index (χ0n) is 8.27. The monoisotopic (exact) mass is 238 g/mol. The molecule has 0 aliphatic rings. The Morgan fingerprint density at radius 3 is 2.81 bits per heavy atom. The Hall–Kier alpha value is -1.88. The van der Waals surface area contributed by atoms with Gasteiger partial charge in [0, 0.05) is 0 Å². The average molecular weight is 239 g/mol. The topological polar surface area (TPSA) is 72.2 Å². The first-order valence-corrected chi connectivity index (χ1v) is 4.80. The molecule has 0 atom stereocenters. The lowest BCUT2D eigenvalue weighted by Gasteiger charge is -2.04. The van der Waals surface area contributed by atoms with E-state index in [-0.39, 0.29) is 10.7 Å². The van der Waals surface area contributed by atoms with Gasteiger partial charge >= 0.3 is 6.09 Å². The number of aromatic nitrogens is 2. The Balaban J connectivity index is 2.96. The van der Waals surface area contributed by atoms with E-state index in [1.54, 1.807) is 25.1 Å². The molecule has 5 nitrogen and oxygen atoms in total. The van der Waals surface area contributed by atoms with Crippen LogP contribution in [-0.4, -0.2) is 20.8 Å². The van der Waals surface area contributed by atoms with Crippen LogP contribution in [0.1, 0.15) is 5.56 Å². The SMILES string of the molecule is Cc1ccc2nc(Cl)n(C(=O)O)c(=O)c2c1. The summed E-state index contributed by atoms with van der Waals surface area (Å²) in [6.07, 6.45) is -1.44. The van der Waals surface area contributed by atoms with Crippen molar-refractivity contribution in [3.8, 4) is 0 Å². The van der Waals surface area contributed by atoms with Crippen LogP contribution in [0.5, 0.6) is 0 Å². The first-order chi connectivity index (χ1) is 7.50. The molecule has 6 heteroatoms. The van der Waals surface area contributed by atoms with Gasteiger partial charge in [0.25, 0.3) is 5.56 Å². The van der Waals surface area contributed by atoms with Crippen LogP contribution < -0.4 is 5.56 Å². The molecule has 16 heavy (non-hydrogen) atoms. The molecule has 0 saturated carbocycles. The zero-order valence-corrected chi connectivity index (χ0v) is 9.02. The third-order valence-electron chi connectivity index (χ3n) is 2.17. The summed E-state index contributed by atoms with van der Waals surface area (Å²) in [5.41, 5.74) is 0.565. The molecule has 0 saturated heterocycles. The summed E-state index contributed by atoms with van der Waals surface area (Å²) >= 11 is 5.61. The van der Waals surface area contributed by atoms with E-state index < -0.39 is 11.7 Å². The molecule has 0 fully saturated rings. The van der Waals surface area contributed by atoms with E-state index in [4.69, 9.17) is 16.7 Å². The summed E-state index contributed by atoms with van der Waals surface area (Å²) in [7, 11) is 0. The molecule has 1 N–H and O–H groups in total. The summed E-state index contributed by atoms with van der Waals surface area (Å²) in [5, 5.41) is 8.70. The van der Waals surface area contributed by atoms with Gasteiger partial charge in [0.1, 0.15) is 0 Å². The predicted molar refractivity (Wildman–Crippen MR) is 59.2 cm³/mol. The first-order valence-electron chi connectivity index (χ1n) is 4.43. The summed E-state index contributed by atoms with van der Waals surface area (Å²) in [6.45, 7) is 1.80. The van der Waals surface area contributed by atoms with E-state index in [0.29, 0.717) is 10.1 Å². The van der Waals surface area contributed by atoms with Gasteiger partial charge in [-0.25, -0.2) is 9.78 Å². The van der Waals surface area contributed by atoms with Crippen LogP contribution in [-0.2, 0) is 0 Å². The quantitative estimate of drug-likeness (QED) is 0.712. The van der Waals surface area contributed by atoms with Crippen molar-refractivity contribution in [3.63, 3.8) is 0 Å². The van der Waals surface area contributed by atoms with E-state index >= 15 is 0 Å². The van der Waals surface area contributed by atoms with Crippen LogP contribution in [0.25, 0.3) is 10.9 Å². The fourth-order valence-corrected chi connectivity index (χ4v) is 1.68. The van der Waals surface area contributed by atoms with Crippen LogP contribution in [0.3, 0.4) is 0 Å². The van der Waals surface area contributed by atoms with Crippen LogP contribution in [0.4, 0.5) is 4.79 Å². The molecule has 82 valence electrons. The molecule has 0 aliphatic heterocycles. The van der Waals surface area contributed by atoms with Crippen molar-refractivity contribution < 1.29 is 9.90 Å². The smallest absolute Gasteiger partial charge is 0.421 e. The van der Waals surface area contributed by atoms with Crippen LogP contribution in [0.15, 0.2) is 23.0 Å². The van der Waals surface area contributed by atoms with Crippen LogP contribution >= 0.6 is 11.6 Å². The number of nitrogens with zero attached hydrogens (tertiary/aromatic N) is 2. The molecule has 0 radical (unpaired) electrons. The van der Waals surface area contributed by atoms with E-state index in [1.165, 1.54) is 0 Å². The van der Waals surface area contributed by atoms with Crippen LogP contribution in [0, 0.1) is 6.92 Å². The highest BCUT2D eigenvalue weighted by atomic mass is 35.5. The van der Waals surface area contributed by atoms with Gasteiger partial charge in [-0.1, -0.05) is 11.6 Å². The maximum absolute atomic E-state index is 11.8. The first kappa shape index (κ1) is 10.6. The van der Waals surface area contributed by atoms with Gasteiger partial charge in [0.15, 0.2) is 0 Å². The number of hydrogen-bond donors (Lipinski definition) is 1. The Kier molecular flexibility index (Phi) is 2.40. The minimum atomic E-state index is -1.44.